The fraction of sp³-hybridized carbons (Fsp3) is 0.538. The zero-order chi connectivity index (χ0) is 13.5. The van der Waals surface area contributed by atoms with Crippen molar-refractivity contribution in [3.05, 3.63) is 23.9 Å². The second-order valence-corrected chi connectivity index (χ2v) is 4.90. The molecule has 0 aromatic carbocycles. The average Bonchev–Trinajstić information content (AvgIpc) is 2.38. The highest BCUT2D eigenvalue weighted by molar-refractivity contribution is 7.80. The first-order valence-electron chi connectivity index (χ1n) is 6.24. The van der Waals surface area contributed by atoms with Gasteiger partial charge in [-0.25, -0.2) is 4.98 Å². The lowest BCUT2D eigenvalue weighted by Gasteiger charge is -2.23. The van der Waals surface area contributed by atoms with Gasteiger partial charge in [-0.05, 0) is 32.5 Å². The van der Waals surface area contributed by atoms with Gasteiger partial charge in [-0.2, -0.15) is 0 Å². The van der Waals surface area contributed by atoms with Crippen LogP contribution in [-0.2, 0) is 0 Å². The number of pyridine rings is 1. The summed E-state index contributed by atoms with van der Waals surface area (Å²) in [6, 6.07) is 4.30. The van der Waals surface area contributed by atoms with E-state index in [4.69, 9.17) is 18.0 Å². The molecule has 1 unspecified atom stereocenters. The molecular weight excluding hydrogens is 244 g/mol. The van der Waals surface area contributed by atoms with E-state index in [9.17, 15) is 0 Å². The lowest BCUT2D eigenvalue weighted by atomic mass is 10.2. The van der Waals surface area contributed by atoms with Crippen molar-refractivity contribution in [1.82, 2.24) is 9.88 Å². The second kappa shape index (κ2) is 7.28. The van der Waals surface area contributed by atoms with Crippen LogP contribution in [0.4, 0.5) is 5.82 Å². The largest absolute Gasteiger partial charge is 0.389 e. The van der Waals surface area contributed by atoms with E-state index in [0.717, 1.165) is 30.9 Å². The number of anilines is 1. The lowest BCUT2D eigenvalue weighted by Crippen LogP contribution is -2.32. The normalized spacial score (nSPS) is 12.4. The van der Waals surface area contributed by atoms with Crippen molar-refractivity contribution in [1.29, 1.82) is 0 Å². The molecule has 0 aliphatic carbocycles. The van der Waals surface area contributed by atoms with Gasteiger partial charge in [0, 0.05) is 30.9 Å². The van der Waals surface area contributed by atoms with Crippen molar-refractivity contribution in [2.45, 2.75) is 26.3 Å². The van der Waals surface area contributed by atoms with Crippen molar-refractivity contribution in [2.75, 3.05) is 25.5 Å². The third kappa shape index (κ3) is 4.58. The van der Waals surface area contributed by atoms with Crippen LogP contribution in [0.25, 0.3) is 0 Å². The molecule has 1 atom stereocenters. The fourth-order valence-electron chi connectivity index (χ4n) is 1.57. The Balaban J connectivity index is 2.44. The van der Waals surface area contributed by atoms with E-state index in [0.29, 0.717) is 11.0 Å². The van der Waals surface area contributed by atoms with Gasteiger partial charge in [-0.1, -0.05) is 19.1 Å². The quantitative estimate of drug-likeness (QED) is 0.738. The summed E-state index contributed by atoms with van der Waals surface area (Å²) in [5, 5.41) is 3.28. The van der Waals surface area contributed by atoms with Crippen LogP contribution < -0.4 is 11.1 Å². The molecule has 1 aromatic heterocycles. The van der Waals surface area contributed by atoms with Crippen LogP contribution in [0, 0.1) is 0 Å². The van der Waals surface area contributed by atoms with E-state index in [-0.39, 0.29) is 0 Å². The lowest BCUT2D eigenvalue weighted by molar-refractivity contribution is 0.261. The Bertz CT molecular complexity index is 394. The minimum atomic E-state index is 0.400. The van der Waals surface area contributed by atoms with Crippen molar-refractivity contribution in [3.63, 3.8) is 0 Å². The first-order valence-corrected chi connectivity index (χ1v) is 6.65. The Morgan fingerprint density at radius 3 is 2.94 bits per heavy atom. The van der Waals surface area contributed by atoms with Crippen LogP contribution in [0.15, 0.2) is 18.3 Å². The van der Waals surface area contributed by atoms with Crippen LogP contribution in [0.2, 0.25) is 0 Å². The minimum Gasteiger partial charge on any atom is -0.389 e. The second-order valence-electron chi connectivity index (χ2n) is 4.46. The molecule has 0 saturated carbocycles. The van der Waals surface area contributed by atoms with Gasteiger partial charge in [0.1, 0.15) is 10.8 Å². The molecule has 18 heavy (non-hydrogen) atoms. The minimum absolute atomic E-state index is 0.400. The van der Waals surface area contributed by atoms with Gasteiger partial charge in [0.2, 0.25) is 0 Å². The Morgan fingerprint density at radius 1 is 1.61 bits per heavy atom. The van der Waals surface area contributed by atoms with Crippen LogP contribution in [0.1, 0.15) is 25.8 Å². The SMILES string of the molecule is CCC(C)N(C)CCNc1cc(C(N)=S)ccn1. The van der Waals surface area contributed by atoms with Gasteiger partial charge >= 0.3 is 0 Å². The first-order chi connectivity index (χ1) is 8.54. The van der Waals surface area contributed by atoms with Crippen molar-refractivity contribution in [3.8, 4) is 0 Å². The Labute approximate surface area is 115 Å². The maximum absolute atomic E-state index is 5.58. The fourth-order valence-corrected chi connectivity index (χ4v) is 1.70. The van der Waals surface area contributed by atoms with Crippen LogP contribution >= 0.6 is 12.2 Å². The number of nitrogens with one attached hydrogen (secondary N) is 1. The maximum Gasteiger partial charge on any atom is 0.126 e. The molecule has 1 heterocycles. The summed E-state index contributed by atoms with van der Waals surface area (Å²) in [6.07, 6.45) is 2.88. The Hall–Kier alpha value is -1.20. The topological polar surface area (TPSA) is 54.2 Å². The number of nitrogens with two attached hydrogens (primary N) is 1. The molecule has 1 rings (SSSR count). The molecule has 0 spiro atoms. The Kier molecular flexibility index (Phi) is 6.01. The number of rotatable bonds is 7. The summed E-state index contributed by atoms with van der Waals surface area (Å²) >= 11 is 4.94. The predicted octanol–water partition coefficient (Wildman–Crippen LogP) is 1.86. The molecule has 0 aliphatic rings. The van der Waals surface area contributed by atoms with Crippen molar-refractivity contribution < 1.29 is 0 Å². The predicted molar refractivity (Wildman–Crippen MR) is 81.0 cm³/mol. The van der Waals surface area contributed by atoms with Gasteiger partial charge in [-0.3, -0.25) is 0 Å². The third-order valence-corrected chi connectivity index (χ3v) is 3.39. The van der Waals surface area contributed by atoms with E-state index in [1.807, 2.05) is 12.1 Å². The molecule has 0 bridgehead atoms. The molecular formula is C13H22N4S. The smallest absolute Gasteiger partial charge is 0.126 e. The molecule has 0 aliphatic heterocycles. The highest BCUT2D eigenvalue weighted by Crippen LogP contribution is 2.06. The zero-order valence-corrected chi connectivity index (χ0v) is 12.1. The molecule has 0 saturated heterocycles. The number of aromatic nitrogens is 1. The standard InChI is InChI=1S/C13H22N4S/c1-4-10(2)17(3)8-7-16-12-9-11(13(14)18)5-6-15-12/h5-6,9-10H,4,7-8H2,1-3H3,(H2,14,18)(H,15,16). The van der Waals surface area contributed by atoms with Crippen LogP contribution in [0.5, 0.6) is 0 Å². The van der Waals surface area contributed by atoms with Crippen molar-refractivity contribution >= 4 is 23.0 Å². The monoisotopic (exact) mass is 266 g/mol. The summed E-state index contributed by atoms with van der Waals surface area (Å²) in [5.41, 5.74) is 6.43. The van der Waals surface area contributed by atoms with Gasteiger partial charge in [0.15, 0.2) is 0 Å². The molecule has 0 fully saturated rings. The summed E-state index contributed by atoms with van der Waals surface area (Å²) in [6.45, 7) is 6.26. The highest BCUT2D eigenvalue weighted by Gasteiger charge is 2.06. The summed E-state index contributed by atoms with van der Waals surface area (Å²) in [4.78, 5) is 6.96. The molecule has 3 N–H and O–H groups in total. The number of hydrogen-bond donors (Lipinski definition) is 2. The van der Waals surface area contributed by atoms with Gasteiger partial charge in [-0.15, -0.1) is 0 Å². The number of likely N-dealkylation sites (N-methyl/N-ethyl adjacent to an activating group) is 1. The zero-order valence-electron chi connectivity index (χ0n) is 11.3. The van der Waals surface area contributed by atoms with Crippen LogP contribution in [-0.4, -0.2) is 41.1 Å². The third-order valence-electron chi connectivity index (χ3n) is 3.16. The van der Waals surface area contributed by atoms with Crippen LogP contribution in [0.3, 0.4) is 0 Å². The molecule has 0 amide bonds. The molecule has 4 nitrogen and oxygen atoms in total. The summed E-state index contributed by atoms with van der Waals surface area (Å²) in [7, 11) is 2.13. The summed E-state index contributed by atoms with van der Waals surface area (Å²) in [5.74, 6) is 0.817. The van der Waals surface area contributed by atoms with Gasteiger partial charge in [0.25, 0.3) is 0 Å². The molecule has 5 heteroatoms. The maximum atomic E-state index is 5.58. The van der Waals surface area contributed by atoms with E-state index < -0.39 is 0 Å². The van der Waals surface area contributed by atoms with E-state index in [1.165, 1.54) is 0 Å². The van der Waals surface area contributed by atoms with E-state index >= 15 is 0 Å². The van der Waals surface area contributed by atoms with Gasteiger partial charge in [0.05, 0.1) is 0 Å². The average molecular weight is 266 g/mol. The number of hydrogen-bond acceptors (Lipinski definition) is 4. The van der Waals surface area contributed by atoms with E-state index in [1.54, 1.807) is 6.20 Å². The highest BCUT2D eigenvalue weighted by atomic mass is 32.1. The summed E-state index contributed by atoms with van der Waals surface area (Å²) < 4.78 is 0. The number of nitrogens with zero attached hydrogens (tertiary/aromatic N) is 2. The molecule has 100 valence electrons. The Morgan fingerprint density at radius 2 is 2.33 bits per heavy atom. The number of thiocarbonyl (C=S) groups is 1. The molecule has 0 radical (unpaired) electrons. The van der Waals surface area contributed by atoms with E-state index in [2.05, 4.69) is 36.1 Å². The first kappa shape index (κ1) is 14.9. The molecule has 1 aromatic rings. The van der Waals surface area contributed by atoms with Crippen molar-refractivity contribution in [2.24, 2.45) is 5.73 Å². The van der Waals surface area contributed by atoms with Gasteiger partial charge < -0.3 is 16.0 Å².